The predicted octanol–water partition coefficient (Wildman–Crippen LogP) is 3.77. The summed E-state index contributed by atoms with van der Waals surface area (Å²) in [5.74, 6) is 0.0960. The van der Waals surface area contributed by atoms with E-state index in [0.29, 0.717) is 12.5 Å². The van der Waals surface area contributed by atoms with Crippen molar-refractivity contribution >= 4 is 29.1 Å². The third-order valence-electron chi connectivity index (χ3n) is 6.16. The molecular formula is C16H25Cl2NO2. The van der Waals surface area contributed by atoms with Crippen molar-refractivity contribution in [3.63, 3.8) is 0 Å². The highest BCUT2D eigenvalue weighted by Crippen LogP contribution is 2.65. The van der Waals surface area contributed by atoms with Gasteiger partial charge in [-0.15, -0.1) is 23.2 Å². The molecular weight excluding hydrogens is 309 g/mol. The normalized spacial score (nSPS) is 39.1. The summed E-state index contributed by atoms with van der Waals surface area (Å²) < 4.78 is 5.04. The predicted molar refractivity (Wildman–Crippen MR) is 84.7 cm³/mol. The first-order valence-corrected chi connectivity index (χ1v) is 8.81. The topological polar surface area (TPSA) is 29.5 Å². The van der Waals surface area contributed by atoms with E-state index >= 15 is 0 Å². The zero-order valence-corrected chi connectivity index (χ0v) is 14.6. The fraction of sp³-hybridized carbons (Fsp3) is 0.938. The van der Waals surface area contributed by atoms with E-state index in [-0.39, 0.29) is 17.4 Å². The number of carbonyl (C=O) groups is 1. The highest BCUT2D eigenvalue weighted by molar-refractivity contribution is 6.53. The van der Waals surface area contributed by atoms with Crippen LogP contribution in [0.3, 0.4) is 0 Å². The van der Waals surface area contributed by atoms with E-state index in [1.54, 1.807) is 0 Å². The summed E-state index contributed by atoms with van der Waals surface area (Å²) in [4.78, 5) is 14.7. The van der Waals surface area contributed by atoms with Crippen LogP contribution in [0.1, 0.15) is 52.4 Å². The Bertz CT molecular complexity index is 448. The largest absolute Gasteiger partial charge is 0.378 e. The number of hydrogen-bond acceptors (Lipinski definition) is 2. The van der Waals surface area contributed by atoms with Gasteiger partial charge in [-0.1, -0.05) is 12.8 Å². The fourth-order valence-corrected chi connectivity index (χ4v) is 5.25. The third-order valence-corrected chi connectivity index (χ3v) is 7.26. The van der Waals surface area contributed by atoms with Gasteiger partial charge in [0.2, 0.25) is 5.91 Å². The van der Waals surface area contributed by atoms with E-state index in [2.05, 4.69) is 0 Å². The Kier molecular flexibility index (Phi) is 3.79. The van der Waals surface area contributed by atoms with Gasteiger partial charge in [-0.05, 0) is 39.5 Å². The van der Waals surface area contributed by atoms with Gasteiger partial charge >= 0.3 is 0 Å². The van der Waals surface area contributed by atoms with Crippen molar-refractivity contribution in [2.24, 2.45) is 10.8 Å². The number of carbonyl (C=O) groups excluding carboxylic acids is 1. The lowest BCUT2D eigenvalue weighted by Gasteiger charge is -2.57. The fourth-order valence-electron chi connectivity index (χ4n) is 4.56. The minimum absolute atomic E-state index is 0.0960. The smallest absolute Gasteiger partial charge is 0.231 e. The minimum atomic E-state index is -0.885. The van der Waals surface area contributed by atoms with Crippen LogP contribution in [0.25, 0.3) is 0 Å². The quantitative estimate of drug-likeness (QED) is 0.733. The molecule has 3 rings (SSSR count). The number of ether oxygens (including phenoxy) is 1. The zero-order valence-electron chi connectivity index (χ0n) is 13.1. The highest BCUT2D eigenvalue weighted by Gasteiger charge is 2.70. The average molecular weight is 334 g/mol. The summed E-state index contributed by atoms with van der Waals surface area (Å²) in [5.41, 5.74) is -0.436. The lowest BCUT2D eigenvalue weighted by atomic mass is 9.60. The van der Waals surface area contributed by atoms with E-state index in [4.69, 9.17) is 27.9 Å². The maximum Gasteiger partial charge on any atom is 0.231 e. The third kappa shape index (κ3) is 2.14. The van der Waals surface area contributed by atoms with E-state index in [1.165, 1.54) is 25.7 Å². The van der Waals surface area contributed by atoms with E-state index < -0.39 is 9.75 Å². The van der Waals surface area contributed by atoms with Gasteiger partial charge in [0.15, 0.2) is 0 Å². The Hall–Kier alpha value is 0.01000. The number of alkyl halides is 2. The number of rotatable bonds is 4. The van der Waals surface area contributed by atoms with E-state index in [9.17, 15) is 4.79 Å². The van der Waals surface area contributed by atoms with Crippen molar-refractivity contribution in [1.29, 1.82) is 0 Å². The number of hydrogen-bond donors (Lipinski definition) is 0. The van der Waals surface area contributed by atoms with E-state index in [1.807, 2.05) is 25.8 Å². The summed E-state index contributed by atoms with van der Waals surface area (Å²) in [6.07, 6.45) is 6.65. The van der Waals surface area contributed by atoms with Crippen LogP contribution in [0.15, 0.2) is 0 Å². The molecule has 0 aromatic heterocycles. The standard InChI is InChI=1S/C16H25Cl2NO2/c1-4-21-12-9-11(15(12)7-5-6-8-15)19(3)13(20)14(2)10-16(14,17)18/h11-12H,4-10H2,1-3H3/t11-,12+,14+/m0/s1. The van der Waals surface area contributed by atoms with Crippen molar-refractivity contribution in [2.75, 3.05) is 13.7 Å². The van der Waals surface area contributed by atoms with Gasteiger partial charge in [0, 0.05) is 25.1 Å². The van der Waals surface area contributed by atoms with Crippen molar-refractivity contribution in [3.05, 3.63) is 0 Å². The molecule has 0 bridgehead atoms. The molecule has 0 aromatic rings. The van der Waals surface area contributed by atoms with Gasteiger partial charge in [-0.2, -0.15) is 0 Å². The average Bonchev–Trinajstić information content (AvgIpc) is 2.85. The molecule has 3 aliphatic rings. The molecule has 0 aromatic carbocycles. The second-order valence-corrected chi connectivity index (χ2v) is 8.75. The molecule has 0 saturated heterocycles. The second-order valence-electron chi connectivity index (χ2n) is 7.27. The molecule has 21 heavy (non-hydrogen) atoms. The maximum atomic E-state index is 12.8. The molecule has 0 unspecified atom stereocenters. The maximum absolute atomic E-state index is 12.8. The van der Waals surface area contributed by atoms with Crippen molar-refractivity contribution in [2.45, 2.75) is 68.9 Å². The van der Waals surface area contributed by atoms with Gasteiger partial charge in [0.05, 0.1) is 11.5 Å². The molecule has 3 saturated carbocycles. The molecule has 5 heteroatoms. The van der Waals surface area contributed by atoms with Crippen molar-refractivity contribution in [1.82, 2.24) is 4.90 Å². The summed E-state index contributed by atoms with van der Waals surface area (Å²) in [7, 11) is 1.92. The lowest BCUT2D eigenvalue weighted by molar-refractivity contribution is -0.175. The Morgan fingerprint density at radius 3 is 2.38 bits per heavy atom. The molecule has 3 aliphatic carbocycles. The number of halogens is 2. The van der Waals surface area contributed by atoms with Crippen LogP contribution in [-0.2, 0) is 9.53 Å². The summed E-state index contributed by atoms with van der Waals surface area (Å²) in [5, 5.41) is 0. The molecule has 120 valence electrons. The van der Waals surface area contributed by atoms with Gasteiger partial charge in [-0.3, -0.25) is 4.79 Å². The molecule has 0 N–H and O–H groups in total. The first kappa shape index (κ1) is 15.9. The van der Waals surface area contributed by atoms with Crippen LogP contribution in [0.5, 0.6) is 0 Å². The molecule has 3 fully saturated rings. The summed E-state index contributed by atoms with van der Waals surface area (Å²) in [6, 6.07) is 0.283. The Morgan fingerprint density at radius 2 is 1.90 bits per heavy atom. The van der Waals surface area contributed by atoms with Crippen molar-refractivity contribution < 1.29 is 9.53 Å². The van der Waals surface area contributed by atoms with Crippen LogP contribution in [0.2, 0.25) is 0 Å². The van der Waals surface area contributed by atoms with Gasteiger partial charge in [0.25, 0.3) is 0 Å². The Labute approximate surface area is 137 Å². The van der Waals surface area contributed by atoms with Gasteiger partial charge < -0.3 is 9.64 Å². The summed E-state index contributed by atoms with van der Waals surface area (Å²) >= 11 is 12.4. The monoisotopic (exact) mass is 333 g/mol. The van der Waals surface area contributed by atoms with Crippen LogP contribution >= 0.6 is 23.2 Å². The van der Waals surface area contributed by atoms with Crippen molar-refractivity contribution in [3.8, 4) is 0 Å². The molecule has 1 amide bonds. The van der Waals surface area contributed by atoms with Crippen LogP contribution < -0.4 is 0 Å². The van der Waals surface area contributed by atoms with E-state index in [0.717, 1.165) is 13.0 Å². The first-order valence-electron chi connectivity index (χ1n) is 8.05. The first-order chi connectivity index (χ1) is 9.78. The molecule has 1 spiro atoms. The SMILES string of the molecule is CCO[C@@H]1C[C@H](N(C)C(=O)[C@@]2(C)CC2(Cl)Cl)C12CCCC2. The Balaban J connectivity index is 1.74. The molecule has 3 atom stereocenters. The minimum Gasteiger partial charge on any atom is -0.378 e. The number of amides is 1. The molecule has 3 nitrogen and oxygen atoms in total. The van der Waals surface area contributed by atoms with Crippen LogP contribution in [0, 0.1) is 10.8 Å². The molecule has 0 aliphatic heterocycles. The van der Waals surface area contributed by atoms with Gasteiger partial charge in [-0.25, -0.2) is 0 Å². The molecule has 0 radical (unpaired) electrons. The van der Waals surface area contributed by atoms with Crippen LogP contribution in [-0.4, -0.2) is 40.9 Å². The Morgan fingerprint density at radius 1 is 1.33 bits per heavy atom. The second kappa shape index (κ2) is 5.01. The van der Waals surface area contributed by atoms with Gasteiger partial charge in [0.1, 0.15) is 4.33 Å². The van der Waals surface area contributed by atoms with Crippen LogP contribution in [0.4, 0.5) is 0 Å². The number of nitrogens with zero attached hydrogens (tertiary/aromatic N) is 1. The lowest BCUT2D eigenvalue weighted by Crippen LogP contribution is -2.64. The summed E-state index contributed by atoms with van der Waals surface area (Å²) in [6.45, 7) is 4.68. The highest BCUT2D eigenvalue weighted by atomic mass is 35.5. The molecule has 0 heterocycles. The zero-order chi connectivity index (χ0) is 15.5.